The van der Waals surface area contributed by atoms with Gasteiger partial charge in [0.2, 0.25) is 5.95 Å². The normalized spacial score (nSPS) is 24.4. The molecule has 0 aromatic carbocycles. The molecule has 2 atom stereocenters. The molecule has 18 heavy (non-hydrogen) atoms. The van der Waals surface area contributed by atoms with Crippen LogP contribution < -0.4 is 10.6 Å². The molecule has 0 amide bonds. The molecule has 0 saturated carbocycles. The average molecular weight is 249 g/mol. The van der Waals surface area contributed by atoms with Crippen molar-refractivity contribution in [1.29, 1.82) is 0 Å². The van der Waals surface area contributed by atoms with Gasteiger partial charge in [0.25, 0.3) is 0 Å². The van der Waals surface area contributed by atoms with Gasteiger partial charge in [0, 0.05) is 32.9 Å². The molecule has 5 heteroatoms. The van der Waals surface area contributed by atoms with E-state index in [1.165, 1.54) is 0 Å². The van der Waals surface area contributed by atoms with Crippen molar-refractivity contribution >= 4 is 5.95 Å². The zero-order valence-corrected chi connectivity index (χ0v) is 11.5. The fraction of sp³-hybridized carbons (Fsp3) is 0.692. The molecule has 1 aliphatic rings. The van der Waals surface area contributed by atoms with E-state index in [0.29, 0.717) is 0 Å². The van der Waals surface area contributed by atoms with Gasteiger partial charge < -0.3 is 10.6 Å². The summed E-state index contributed by atoms with van der Waals surface area (Å²) in [6.07, 6.45) is 4.02. The van der Waals surface area contributed by atoms with Gasteiger partial charge in [0.05, 0.1) is 11.7 Å². The van der Waals surface area contributed by atoms with Crippen LogP contribution in [0.1, 0.15) is 31.5 Å². The molecule has 1 aromatic heterocycles. The highest BCUT2D eigenvalue weighted by atomic mass is 15.2. The fourth-order valence-electron chi connectivity index (χ4n) is 2.57. The molecule has 2 N–H and O–H groups in total. The maximum atomic E-state index is 6.24. The number of nitrogens with zero attached hydrogens (tertiary/aromatic N) is 4. The van der Waals surface area contributed by atoms with Gasteiger partial charge in [-0.05, 0) is 25.5 Å². The number of likely N-dealkylation sites (tertiary alicyclic amines) is 1. The van der Waals surface area contributed by atoms with Crippen LogP contribution in [0.25, 0.3) is 0 Å². The maximum absolute atomic E-state index is 6.24. The minimum absolute atomic E-state index is 0.182. The van der Waals surface area contributed by atoms with Crippen molar-refractivity contribution in [2.75, 3.05) is 32.1 Å². The Balaban J connectivity index is 2.25. The van der Waals surface area contributed by atoms with E-state index in [1.54, 1.807) is 0 Å². The Labute approximate surface area is 109 Å². The van der Waals surface area contributed by atoms with E-state index in [4.69, 9.17) is 5.73 Å². The second-order valence-electron chi connectivity index (χ2n) is 5.11. The quantitative estimate of drug-likeness (QED) is 0.863. The Bertz CT molecular complexity index is 391. The zero-order valence-electron chi connectivity index (χ0n) is 11.5. The highest BCUT2D eigenvalue weighted by Crippen LogP contribution is 2.30. The molecule has 1 saturated heterocycles. The number of hydrogen-bond donors (Lipinski definition) is 1. The number of nitrogens with two attached hydrogens (primary N) is 1. The molecule has 100 valence electrons. The minimum Gasteiger partial charge on any atom is -0.347 e. The second kappa shape index (κ2) is 5.63. The summed E-state index contributed by atoms with van der Waals surface area (Å²) < 4.78 is 0. The van der Waals surface area contributed by atoms with Crippen molar-refractivity contribution in [1.82, 2.24) is 14.9 Å². The van der Waals surface area contributed by atoms with Gasteiger partial charge in [-0.2, -0.15) is 0 Å². The van der Waals surface area contributed by atoms with Crippen molar-refractivity contribution in [2.24, 2.45) is 5.73 Å². The summed E-state index contributed by atoms with van der Waals surface area (Å²) in [5.74, 6) is 0.753. The van der Waals surface area contributed by atoms with E-state index >= 15 is 0 Å². The van der Waals surface area contributed by atoms with E-state index in [2.05, 4.69) is 21.8 Å². The maximum Gasteiger partial charge on any atom is 0.225 e. The third kappa shape index (κ3) is 2.62. The first kappa shape index (κ1) is 13.2. The topological polar surface area (TPSA) is 58.3 Å². The Hall–Kier alpha value is -1.20. The van der Waals surface area contributed by atoms with E-state index in [0.717, 1.165) is 37.6 Å². The standard InChI is InChI=1S/C13H23N5/c1-4-8-18-9-6-10(14)12(18)11-5-7-15-13(16-11)17(2)3/h5,7,10,12H,4,6,8-9,14H2,1-3H3/t10-,12-/m0/s1. The van der Waals surface area contributed by atoms with E-state index in [9.17, 15) is 0 Å². The molecule has 1 fully saturated rings. The number of hydrogen-bond acceptors (Lipinski definition) is 5. The van der Waals surface area contributed by atoms with Crippen LogP contribution in [0.5, 0.6) is 0 Å². The number of anilines is 1. The summed E-state index contributed by atoms with van der Waals surface area (Å²) in [6, 6.07) is 2.42. The SMILES string of the molecule is CCCN1CC[C@H](N)[C@H]1c1ccnc(N(C)C)n1. The van der Waals surface area contributed by atoms with Crippen LogP contribution in [-0.2, 0) is 0 Å². The van der Waals surface area contributed by atoms with Crippen molar-refractivity contribution < 1.29 is 0 Å². The smallest absolute Gasteiger partial charge is 0.225 e. The first-order valence-electron chi connectivity index (χ1n) is 6.63. The van der Waals surface area contributed by atoms with Gasteiger partial charge >= 0.3 is 0 Å². The summed E-state index contributed by atoms with van der Waals surface area (Å²) in [5.41, 5.74) is 7.29. The van der Waals surface area contributed by atoms with Crippen LogP contribution in [-0.4, -0.2) is 48.1 Å². The van der Waals surface area contributed by atoms with Gasteiger partial charge in [-0.3, -0.25) is 4.90 Å². The van der Waals surface area contributed by atoms with Crippen molar-refractivity contribution in [3.05, 3.63) is 18.0 Å². The fourth-order valence-corrected chi connectivity index (χ4v) is 2.57. The summed E-state index contributed by atoms with van der Waals surface area (Å²) in [5, 5.41) is 0. The Kier molecular flexibility index (Phi) is 4.14. The molecule has 0 bridgehead atoms. The highest BCUT2D eigenvalue weighted by molar-refractivity contribution is 5.29. The van der Waals surface area contributed by atoms with E-state index in [1.807, 2.05) is 31.3 Å². The van der Waals surface area contributed by atoms with Gasteiger partial charge in [-0.15, -0.1) is 0 Å². The lowest BCUT2D eigenvalue weighted by atomic mass is 10.1. The van der Waals surface area contributed by atoms with Crippen LogP contribution in [0.3, 0.4) is 0 Å². The molecule has 2 rings (SSSR count). The van der Waals surface area contributed by atoms with E-state index in [-0.39, 0.29) is 12.1 Å². The average Bonchev–Trinajstić information content (AvgIpc) is 2.71. The van der Waals surface area contributed by atoms with E-state index < -0.39 is 0 Å². The first-order valence-corrected chi connectivity index (χ1v) is 6.63. The molecular weight excluding hydrogens is 226 g/mol. The van der Waals surface area contributed by atoms with Crippen molar-refractivity contribution in [2.45, 2.75) is 31.8 Å². The van der Waals surface area contributed by atoms with Crippen molar-refractivity contribution in [3.63, 3.8) is 0 Å². The predicted molar refractivity (Wildman–Crippen MR) is 73.6 cm³/mol. The lowest BCUT2D eigenvalue weighted by molar-refractivity contribution is 0.244. The molecule has 1 aliphatic heterocycles. The van der Waals surface area contributed by atoms with Crippen LogP contribution in [0.2, 0.25) is 0 Å². The molecule has 0 radical (unpaired) electrons. The first-order chi connectivity index (χ1) is 8.63. The molecule has 5 nitrogen and oxygen atoms in total. The molecule has 1 aromatic rings. The molecule has 0 spiro atoms. The largest absolute Gasteiger partial charge is 0.347 e. The third-order valence-electron chi connectivity index (χ3n) is 3.43. The Morgan fingerprint density at radius 3 is 2.94 bits per heavy atom. The highest BCUT2D eigenvalue weighted by Gasteiger charge is 2.33. The molecule has 2 heterocycles. The van der Waals surface area contributed by atoms with Gasteiger partial charge in [-0.25, -0.2) is 9.97 Å². The minimum atomic E-state index is 0.182. The number of rotatable bonds is 4. The van der Waals surface area contributed by atoms with Gasteiger partial charge in [0.1, 0.15) is 0 Å². The second-order valence-corrected chi connectivity index (χ2v) is 5.11. The van der Waals surface area contributed by atoms with Crippen LogP contribution in [0.15, 0.2) is 12.3 Å². The predicted octanol–water partition coefficient (Wildman–Crippen LogP) is 1.03. The van der Waals surface area contributed by atoms with Gasteiger partial charge in [-0.1, -0.05) is 6.92 Å². The lowest BCUT2D eigenvalue weighted by Crippen LogP contribution is -2.33. The monoisotopic (exact) mass is 249 g/mol. The Morgan fingerprint density at radius 2 is 2.28 bits per heavy atom. The summed E-state index contributed by atoms with van der Waals surface area (Å²) >= 11 is 0. The summed E-state index contributed by atoms with van der Waals surface area (Å²) in [4.78, 5) is 13.3. The zero-order chi connectivity index (χ0) is 13.1. The summed E-state index contributed by atoms with van der Waals surface area (Å²) in [7, 11) is 3.91. The van der Waals surface area contributed by atoms with Gasteiger partial charge in [0.15, 0.2) is 0 Å². The number of aromatic nitrogens is 2. The Morgan fingerprint density at radius 1 is 1.50 bits per heavy atom. The third-order valence-corrected chi connectivity index (χ3v) is 3.43. The summed E-state index contributed by atoms with van der Waals surface area (Å²) in [6.45, 7) is 4.35. The van der Waals surface area contributed by atoms with Crippen LogP contribution in [0.4, 0.5) is 5.95 Å². The molecule has 0 aliphatic carbocycles. The van der Waals surface area contributed by atoms with Crippen LogP contribution in [0, 0.1) is 0 Å². The molecular formula is C13H23N5. The van der Waals surface area contributed by atoms with Crippen LogP contribution >= 0.6 is 0 Å². The lowest BCUT2D eigenvalue weighted by Gasteiger charge is -2.26. The van der Waals surface area contributed by atoms with Crippen molar-refractivity contribution in [3.8, 4) is 0 Å². The molecule has 0 unspecified atom stereocenters.